The van der Waals surface area contributed by atoms with Gasteiger partial charge in [-0.2, -0.15) is 0 Å². The molecule has 3 nitrogen and oxygen atoms in total. The fraction of sp³-hybridized carbons (Fsp3) is 0.538. The van der Waals surface area contributed by atoms with Crippen LogP contribution in [0.5, 0.6) is 0 Å². The van der Waals surface area contributed by atoms with Gasteiger partial charge in [-0.1, -0.05) is 0 Å². The van der Waals surface area contributed by atoms with Crippen molar-refractivity contribution in [3.8, 4) is 0 Å². The molecule has 4 heteroatoms. The van der Waals surface area contributed by atoms with Gasteiger partial charge in [0.2, 0.25) is 0 Å². The quantitative estimate of drug-likeness (QED) is 0.380. The zero-order valence-electron chi connectivity index (χ0n) is 18.9. The van der Waals surface area contributed by atoms with Gasteiger partial charge in [0.15, 0.2) is 0 Å². The van der Waals surface area contributed by atoms with Crippen molar-refractivity contribution in [2.45, 2.75) is 82.9 Å². The first-order valence-electron chi connectivity index (χ1n) is 11.2. The predicted octanol–water partition coefficient (Wildman–Crippen LogP) is 5.65. The summed E-state index contributed by atoms with van der Waals surface area (Å²) in [5.74, 6) is 0.347. The van der Waals surface area contributed by atoms with Crippen LogP contribution in [-0.2, 0) is 15.2 Å². The Morgan fingerprint density at radius 2 is 1.57 bits per heavy atom. The average Bonchev–Trinajstić information content (AvgIpc) is 2.74. The Hall–Kier alpha value is -1.32. The number of ether oxygens (including phenoxy) is 1. The molecule has 0 bridgehead atoms. The van der Waals surface area contributed by atoms with Crippen molar-refractivity contribution in [3.63, 3.8) is 0 Å². The maximum absolute atomic E-state index is 13.3. The van der Waals surface area contributed by atoms with Crippen LogP contribution in [0.1, 0.15) is 65.4 Å². The van der Waals surface area contributed by atoms with Crippen LogP contribution in [0.15, 0.2) is 60.7 Å². The summed E-state index contributed by atoms with van der Waals surface area (Å²) in [6, 6.07) is 19.9. The van der Waals surface area contributed by atoms with E-state index in [1.165, 1.54) is 5.56 Å². The molecular formula is C26H38O3Se. The van der Waals surface area contributed by atoms with Crippen LogP contribution < -0.4 is 4.46 Å². The molecule has 0 fully saturated rings. The number of benzene rings is 2. The Morgan fingerprint density at radius 3 is 2.13 bits per heavy atom. The molecule has 0 aromatic heterocycles. The molecule has 0 spiro atoms. The fourth-order valence-electron chi connectivity index (χ4n) is 3.76. The second-order valence-electron chi connectivity index (χ2n) is 8.78. The zero-order chi connectivity index (χ0) is 22.0. The molecule has 0 aliphatic rings. The maximum atomic E-state index is 13.3. The summed E-state index contributed by atoms with van der Waals surface area (Å²) in [6.07, 6.45) is 5.13. The standard InChI is InChI=1S/C26H38O3Se/c1-5-6-17-24(29-20-22-13-9-7-10-14-22)21(2)18-19-25(26(3,4)27)30(28)23-15-11-8-12-16-23/h7-16,21,24-25,27H,5-6,17-20H2,1-4H3/t21-,24+,25?,30?/m0/s1. The van der Waals surface area contributed by atoms with E-state index in [4.69, 9.17) is 4.74 Å². The summed E-state index contributed by atoms with van der Waals surface area (Å²) in [4.78, 5) is -0.219. The van der Waals surface area contributed by atoms with Crippen molar-refractivity contribution in [1.29, 1.82) is 0 Å². The first-order valence-corrected chi connectivity index (χ1v) is 13.7. The molecule has 2 aromatic carbocycles. The molecule has 0 radical (unpaired) electrons. The molecule has 0 heterocycles. The van der Waals surface area contributed by atoms with E-state index in [9.17, 15) is 8.94 Å². The second kappa shape index (κ2) is 12.5. The van der Waals surface area contributed by atoms with Gasteiger partial charge in [0.25, 0.3) is 0 Å². The first-order chi connectivity index (χ1) is 14.3. The van der Waals surface area contributed by atoms with Crippen molar-refractivity contribution in [2.24, 2.45) is 5.92 Å². The Morgan fingerprint density at radius 1 is 0.967 bits per heavy atom. The molecule has 0 saturated heterocycles. The fourth-order valence-corrected chi connectivity index (χ4v) is 7.17. The third-order valence-electron chi connectivity index (χ3n) is 5.69. The third-order valence-corrected chi connectivity index (χ3v) is 10.0. The van der Waals surface area contributed by atoms with E-state index in [-0.39, 0.29) is 10.9 Å². The SMILES string of the molecule is CCCC[C@@H](OCc1ccccc1)[C@@H](C)CCC([Se](=O)c1ccccc1)C(C)(C)O. The number of hydrogen-bond acceptors (Lipinski definition) is 3. The number of unbranched alkanes of at least 4 members (excludes halogenated alkanes) is 1. The van der Waals surface area contributed by atoms with E-state index in [2.05, 4.69) is 26.0 Å². The molecule has 0 amide bonds. The predicted molar refractivity (Wildman–Crippen MR) is 126 cm³/mol. The van der Waals surface area contributed by atoms with Gasteiger partial charge in [-0.25, -0.2) is 0 Å². The molecule has 0 saturated carbocycles. The van der Waals surface area contributed by atoms with E-state index in [1.54, 1.807) is 13.8 Å². The van der Waals surface area contributed by atoms with E-state index < -0.39 is 19.4 Å². The van der Waals surface area contributed by atoms with Crippen LogP contribution in [0.2, 0.25) is 4.82 Å². The van der Waals surface area contributed by atoms with Gasteiger partial charge in [-0.05, 0) is 0 Å². The summed E-state index contributed by atoms with van der Waals surface area (Å²) in [5, 5.41) is 10.8. The average molecular weight is 478 g/mol. The van der Waals surface area contributed by atoms with Crippen LogP contribution in [-0.4, -0.2) is 30.6 Å². The number of rotatable bonds is 13. The van der Waals surface area contributed by atoms with Gasteiger partial charge in [-0.15, -0.1) is 0 Å². The van der Waals surface area contributed by atoms with Gasteiger partial charge < -0.3 is 0 Å². The molecular weight excluding hydrogens is 439 g/mol. The van der Waals surface area contributed by atoms with Gasteiger partial charge in [-0.3, -0.25) is 0 Å². The van der Waals surface area contributed by atoms with Gasteiger partial charge in [0, 0.05) is 0 Å². The van der Waals surface area contributed by atoms with Crippen LogP contribution in [0.25, 0.3) is 0 Å². The summed E-state index contributed by atoms with van der Waals surface area (Å²) >= 11 is -2.36. The molecule has 166 valence electrons. The Balaban J connectivity index is 2.02. The number of aliphatic hydroxyl groups is 1. The minimum absolute atomic E-state index is 0.175. The normalized spacial score (nSPS) is 16.0. The molecule has 2 aromatic rings. The summed E-state index contributed by atoms with van der Waals surface area (Å²) < 4.78 is 20.5. The first kappa shape index (κ1) is 24.9. The molecule has 30 heavy (non-hydrogen) atoms. The van der Waals surface area contributed by atoms with E-state index in [0.717, 1.165) is 36.6 Å². The minimum atomic E-state index is -2.36. The van der Waals surface area contributed by atoms with Crippen LogP contribution >= 0.6 is 0 Å². The van der Waals surface area contributed by atoms with Crippen molar-refractivity contribution in [1.82, 2.24) is 0 Å². The Bertz CT molecular complexity index is 740. The third kappa shape index (κ3) is 8.07. The Kier molecular flexibility index (Phi) is 10.4. The molecule has 4 atom stereocenters. The molecule has 0 aliphatic carbocycles. The summed E-state index contributed by atoms with van der Waals surface area (Å²) in [6.45, 7) is 8.64. The summed E-state index contributed by atoms with van der Waals surface area (Å²) in [7, 11) is 0. The molecule has 2 rings (SSSR count). The molecule has 1 N–H and O–H groups in total. The van der Waals surface area contributed by atoms with E-state index in [0.29, 0.717) is 12.5 Å². The van der Waals surface area contributed by atoms with Crippen molar-refractivity contribution in [3.05, 3.63) is 66.2 Å². The van der Waals surface area contributed by atoms with Crippen molar-refractivity contribution in [2.75, 3.05) is 0 Å². The van der Waals surface area contributed by atoms with Crippen molar-refractivity contribution >= 4 is 18.3 Å². The monoisotopic (exact) mass is 478 g/mol. The molecule has 0 aliphatic heterocycles. The molecule has 2 unspecified atom stereocenters. The van der Waals surface area contributed by atoms with Gasteiger partial charge in [0.1, 0.15) is 0 Å². The Labute approximate surface area is 187 Å². The van der Waals surface area contributed by atoms with Crippen LogP contribution in [0, 0.1) is 5.92 Å². The van der Waals surface area contributed by atoms with Gasteiger partial charge >= 0.3 is 187 Å². The van der Waals surface area contributed by atoms with E-state index in [1.807, 2.05) is 48.5 Å². The van der Waals surface area contributed by atoms with Gasteiger partial charge in [0.05, 0.1) is 0 Å². The zero-order valence-corrected chi connectivity index (χ0v) is 20.6. The number of hydrogen-bond donors (Lipinski definition) is 1. The van der Waals surface area contributed by atoms with Crippen LogP contribution in [0.3, 0.4) is 0 Å². The summed E-state index contributed by atoms with van der Waals surface area (Å²) in [5.41, 5.74) is 0.224. The topological polar surface area (TPSA) is 46.5 Å². The van der Waals surface area contributed by atoms with Crippen LogP contribution in [0.4, 0.5) is 0 Å². The van der Waals surface area contributed by atoms with Crippen molar-refractivity contribution < 1.29 is 13.7 Å². The van der Waals surface area contributed by atoms with E-state index >= 15 is 0 Å². The second-order valence-corrected chi connectivity index (χ2v) is 12.2.